The number of hydrogen-bond acceptors (Lipinski definition) is 7. The van der Waals surface area contributed by atoms with Crippen molar-refractivity contribution < 1.29 is 8.42 Å². The van der Waals surface area contributed by atoms with Crippen molar-refractivity contribution in [3.63, 3.8) is 0 Å². The summed E-state index contributed by atoms with van der Waals surface area (Å²) in [6.45, 7) is 4.64. The first-order chi connectivity index (χ1) is 12.9. The molecule has 3 rings (SSSR count). The molecule has 0 unspecified atom stereocenters. The van der Waals surface area contributed by atoms with Crippen molar-refractivity contribution >= 4 is 26.6 Å². The molecule has 0 aliphatic carbocycles. The smallest absolute Gasteiger partial charge is 0.147 e. The van der Waals surface area contributed by atoms with Gasteiger partial charge in [-0.05, 0) is 37.4 Å². The Kier molecular flexibility index (Phi) is 5.92. The number of anilines is 1. The second-order valence-electron chi connectivity index (χ2n) is 7.38. The fourth-order valence-electron chi connectivity index (χ4n) is 3.72. The predicted molar refractivity (Wildman–Crippen MR) is 106 cm³/mol. The lowest BCUT2D eigenvalue weighted by Crippen LogP contribution is -2.49. The highest BCUT2D eigenvalue weighted by Gasteiger charge is 2.26. The van der Waals surface area contributed by atoms with Crippen molar-refractivity contribution in [2.45, 2.75) is 25.8 Å². The van der Waals surface area contributed by atoms with Gasteiger partial charge in [-0.15, -0.1) is 0 Å². The van der Waals surface area contributed by atoms with Gasteiger partial charge in [0.25, 0.3) is 0 Å². The van der Waals surface area contributed by atoms with Crippen molar-refractivity contribution in [1.29, 1.82) is 5.26 Å². The summed E-state index contributed by atoms with van der Waals surface area (Å²) in [5.74, 6) is 0.704. The zero-order valence-electron chi connectivity index (χ0n) is 15.7. The highest BCUT2D eigenvalue weighted by molar-refractivity contribution is 7.90. The summed E-state index contributed by atoms with van der Waals surface area (Å²) < 4.78 is 22.6. The van der Waals surface area contributed by atoms with Gasteiger partial charge in [0.15, 0.2) is 0 Å². The van der Waals surface area contributed by atoms with Crippen LogP contribution in [0.5, 0.6) is 0 Å². The monoisotopic (exact) mass is 387 g/mol. The molecular weight excluding hydrogens is 362 g/mol. The maximum atomic E-state index is 11.3. The third-order valence-corrected chi connectivity index (χ3v) is 5.88. The molecule has 1 aliphatic rings. The van der Waals surface area contributed by atoms with Crippen LogP contribution in [0.2, 0.25) is 0 Å². The van der Waals surface area contributed by atoms with Gasteiger partial charge in [0.2, 0.25) is 0 Å². The number of nitriles is 1. The number of nitrogens with zero attached hydrogens (tertiary/aromatic N) is 4. The van der Waals surface area contributed by atoms with Crippen molar-refractivity contribution in [2.75, 3.05) is 36.5 Å². The van der Waals surface area contributed by atoms with Gasteiger partial charge in [0.05, 0.1) is 17.0 Å². The van der Waals surface area contributed by atoms with Gasteiger partial charge < -0.3 is 10.2 Å². The number of fused-ring (bicyclic) bond motifs is 1. The fraction of sp³-hybridized carbons (Fsp3) is 0.526. The first-order valence-corrected chi connectivity index (χ1v) is 11.2. The van der Waals surface area contributed by atoms with Crippen molar-refractivity contribution in [3.8, 4) is 6.07 Å². The average Bonchev–Trinajstić information content (AvgIpc) is 2.63. The zero-order valence-corrected chi connectivity index (χ0v) is 16.5. The molecule has 1 aliphatic heterocycles. The lowest BCUT2D eigenvalue weighted by Gasteiger charge is -2.38. The van der Waals surface area contributed by atoms with Crippen LogP contribution in [0, 0.1) is 17.2 Å². The number of piperidine rings is 1. The van der Waals surface area contributed by atoms with Crippen LogP contribution in [-0.4, -0.2) is 56.1 Å². The standard InChI is InChI=1S/C19H25N5O2S/c1-14-10-16(21-6-3-9-27(2,25)26)13-24(12-14)17-5-4-15(11-20)18-19(17)23-8-7-22-18/h4-5,7-8,14,16,21H,3,6,9-10,12-13H2,1-2H3/t14-,16+/m1/s1. The van der Waals surface area contributed by atoms with Gasteiger partial charge in [-0.25, -0.2) is 8.42 Å². The van der Waals surface area contributed by atoms with Crippen LogP contribution in [-0.2, 0) is 9.84 Å². The van der Waals surface area contributed by atoms with E-state index in [9.17, 15) is 13.7 Å². The molecular formula is C19H25N5O2S. The highest BCUT2D eigenvalue weighted by Crippen LogP contribution is 2.30. The molecule has 27 heavy (non-hydrogen) atoms. The van der Waals surface area contributed by atoms with E-state index in [0.717, 1.165) is 30.7 Å². The Balaban J connectivity index is 1.75. The number of aromatic nitrogens is 2. The lowest BCUT2D eigenvalue weighted by molar-refractivity contribution is 0.352. The maximum absolute atomic E-state index is 11.3. The normalized spacial score (nSPS) is 20.6. The summed E-state index contributed by atoms with van der Waals surface area (Å²) >= 11 is 0. The highest BCUT2D eigenvalue weighted by atomic mass is 32.2. The minimum absolute atomic E-state index is 0.210. The van der Waals surface area contributed by atoms with E-state index in [1.54, 1.807) is 18.5 Å². The third kappa shape index (κ3) is 4.93. The van der Waals surface area contributed by atoms with E-state index in [4.69, 9.17) is 0 Å². The third-order valence-electron chi connectivity index (χ3n) is 4.85. The van der Waals surface area contributed by atoms with Crippen LogP contribution in [0.3, 0.4) is 0 Å². The van der Waals surface area contributed by atoms with Crippen LogP contribution in [0.1, 0.15) is 25.3 Å². The van der Waals surface area contributed by atoms with Crippen LogP contribution in [0.15, 0.2) is 24.5 Å². The minimum atomic E-state index is -2.91. The Morgan fingerprint density at radius 1 is 1.26 bits per heavy atom. The maximum Gasteiger partial charge on any atom is 0.147 e. The molecule has 0 bridgehead atoms. The van der Waals surface area contributed by atoms with Gasteiger partial charge in [-0.3, -0.25) is 9.97 Å². The summed E-state index contributed by atoms with van der Waals surface area (Å²) in [6, 6.07) is 6.23. The molecule has 8 heteroatoms. The molecule has 0 radical (unpaired) electrons. The average molecular weight is 388 g/mol. The van der Waals surface area contributed by atoms with Crippen molar-refractivity contribution in [2.24, 2.45) is 5.92 Å². The van der Waals surface area contributed by atoms with Gasteiger partial charge in [0.1, 0.15) is 26.9 Å². The van der Waals surface area contributed by atoms with E-state index in [0.29, 0.717) is 30.0 Å². The van der Waals surface area contributed by atoms with E-state index < -0.39 is 9.84 Å². The van der Waals surface area contributed by atoms with Crippen LogP contribution in [0.25, 0.3) is 11.0 Å². The summed E-state index contributed by atoms with van der Waals surface area (Å²) in [5.41, 5.74) is 2.91. The van der Waals surface area contributed by atoms with E-state index in [1.165, 1.54) is 6.26 Å². The predicted octanol–water partition coefficient (Wildman–Crippen LogP) is 1.74. The Morgan fingerprint density at radius 3 is 2.70 bits per heavy atom. The molecule has 2 aromatic rings. The molecule has 2 atom stereocenters. The molecule has 7 nitrogen and oxygen atoms in total. The van der Waals surface area contributed by atoms with Crippen molar-refractivity contribution in [1.82, 2.24) is 15.3 Å². The van der Waals surface area contributed by atoms with E-state index in [-0.39, 0.29) is 11.8 Å². The largest absolute Gasteiger partial charge is 0.368 e. The molecule has 0 amide bonds. The van der Waals surface area contributed by atoms with E-state index >= 15 is 0 Å². The fourth-order valence-corrected chi connectivity index (χ4v) is 4.39. The Bertz CT molecular complexity index is 954. The molecule has 1 aromatic carbocycles. The lowest BCUT2D eigenvalue weighted by atomic mass is 9.95. The van der Waals surface area contributed by atoms with E-state index in [1.807, 2.05) is 6.07 Å². The summed E-state index contributed by atoms with van der Waals surface area (Å²) in [5, 5.41) is 12.8. The van der Waals surface area contributed by atoms with Gasteiger partial charge in [-0.1, -0.05) is 6.92 Å². The Labute approximate surface area is 160 Å². The minimum Gasteiger partial charge on any atom is -0.368 e. The first kappa shape index (κ1) is 19.5. The topological polar surface area (TPSA) is 99.0 Å². The first-order valence-electron chi connectivity index (χ1n) is 9.17. The number of rotatable bonds is 6. The van der Waals surface area contributed by atoms with Gasteiger partial charge in [0, 0.05) is 37.8 Å². The quantitative estimate of drug-likeness (QED) is 0.754. The summed E-state index contributed by atoms with van der Waals surface area (Å²) in [4.78, 5) is 11.1. The summed E-state index contributed by atoms with van der Waals surface area (Å²) in [6.07, 6.45) is 6.21. The molecule has 1 N–H and O–H groups in total. The number of sulfone groups is 1. The van der Waals surface area contributed by atoms with Crippen LogP contribution < -0.4 is 10.2 Å². The molecule has 2 heterocycles. The van der Waals surface area contributed by atoms with E-state index in [2.05, 4.69) is 33.2 Å². The molecule has 1 saturated heterocycles. The molecule has 0 saturated carbocycles. The molecule has 144 valence electrons. The molecule has 1 aromatic heterocycles. The Morgan fingerprint density at radius 2 is 2.00 bits per heavy atom. The summed E-state index contributed by atoms with van der Waals surface area (Å²) in [7, 11) is -2.91. The SMILES string of the molecule is C[C@@H]1C[C@H](NCCCS(C)(=O)=O)CN(c2ccc(C#N)c3nccnc23)C1. The second-order valence-corrected chi connectivity index (χ2v) is 9.64. The number of benzene rings is 1. The van der Waals surface area contributed by atoms with Crippen LogP contribution in [0.4, 0.5) is 5.69 Å². The second kappa shape index (κ2) is 8.19. The number of hydrogen-bond donors (Lipinski definition) is 1. The number of nitrogens with one attached hydrogen (secondary N) is 1. The Hall–Kier alpha value is -2.24. The zero-order chi connectivity index (χ0) is 19.4. The van der Waals surface area contributed by atoms with Crippen molar-refractivity contribution in [3.05, 3.63) is 30.1 Å². The van der Waals surface area contributed by atoms with Crippen LogP contribution >= 0.6 is 0 Å². The van der Waals surface area contributed by atoms with Gasteiger partial charge in [-0.2, -0.15) is 5.26 Å². The molecule has 0 spiro atoms. The van der Waals surface area contributed by atoms with Gasteiger partial charge >= 0.3 is 0 Å². The molecule has 1 fully saturated rings.